The van der Waals surface area contributed by atoms with Crippen molar-refractivity contribution in [2.45, 2.75) is 83.6 Å². The lowest BCUT2D eigenvalue weighted by Gasteiger charge is -2.41. The lowest BCUT2D eigenvalue weighted by Crippen LogP contribution is -2.35. The Morgan fingerprint density at radius 2 is 1.53 bits per heavy atom. The van der Waals surface area contributed by atoms with Gasteiger partial charge in [0.15, 0.2) is 0 Å². The Morgan fingerprint density at radius 3 is 1.93 bits per heavy atom. The molecule has 2 aliphatic rings. The maximum absolute atomic E-state index is 8.54. The summed E-state index contributed by atoms with van der Waals surface area (Å²) < 4.78 is 16.9. The zero-order valence-corrected chi connectivity index (χ0v) is 10.6. The molecule has 0 unspecified atom stereocenters. The molecule has 2 bridgehead atoms. The van der Waals surface area contributed by atoms with Crippen LogP contribution in [0, 0.1) is 5.41 Å². The van der Waals surface area contributed by atoms with E-state index < -0.39 is 0 Å². The van der Waals surface area contributed by atoms with Crippen molar-refractivity contribution in [2.75, 3.05) is 0 Å². The van der Waals surface area contributed by atoms with Gasteiger partial charge in [-0.3, -0.25) is 0 Å². The highest BCUT2D eigenvalue weighted by Crippen LogP contribution is 2.48. The van der Waals surface area contributed by atoms with Gasteiger partial charge in [0.05, 0.1) is 0 Å². The van der Waals surface area contributed by atoms with Crippen molar-refractivity contribution in [3.63, 3.8) is 0 Å². The molecule has 0 saturated carbocycles. The minimum absolute atomic E-state index is 0.0435. The number of fused-ring (bicyclic) bond motifs is 2. The van der Waals surface area contributed by atoms with E-state index in [0.29, 0.717) is 6.71 Å². The quantitative estimate of drug-likeness (QED) is 0.558. The molecule has 0 aromatic heterocycles. The Hall–Kier alpha value is 0.0649. The van der Waals surface area contributed by atoms with E-state index >= 15 is 0 Å². The van der Waals surface area contributed by atoms with Gasteiger partial charge in [-0.25, -0.2) is 0 Å². The maximum Gasteiger partial charge on any atom is 0.146 e. The Kier molecular flexibility index (Phi) is 2.75. The van der Waals surface area contributed by atoms with E-state index in [-0.39, 0.29) is 18.1 Å². The average Bonchev–Trinajstić information content (AvgIpc) is 2.24. The summed E-state index contributed by atoms with van der Waals surface area (Å²) >= 11 is 0. The van der Waals surface area contributed by atoms with E-state index in [2.05, 4.69) is 20.8 Å². The minimum Gasteiger partial charge on any atom is -0.0732 e. The molecule has 0 aromatic carbocycles. The lowest BCUT2D eigenvalue weighted by atomic mass is 9.25. The molecule has 15 heavy (non-hydrogen) atoms. The summed E-state index contributed by atoms with van der Waals surface area (Å²) in [5.41, 5.74) is -0.0435. The molecule has 0 spiro atoms. The van der Waals surface area contributed by atoms with Crippen LogP contribution < -0.4 is 0 Å². The topological polar surface area (TPSA) is 0 Å². The second-order valence-corrected chi connectivity index (χ2v) is 6.68. The summed E-state index contributed by atoms with van der Waals surface area (Å²) in [6.07, 6.45) is 7.66. The van der Waals surface area contributed by atoms with E-state index in [1.807, 2.05) is 0 Å². The van der Waals surface area contributed by atoms with Gasteiger partial charge in [-0.05, 0) is 5.41 Å². The largest absolute Gasteiger partial charge is 0.146 e. The zero-order chi connectivity index (χ0) is 12.6. The van der Waals surface area contributed by atoms with Crippen LogP contribution in [0.2, 0.25) is 17.9 Å². The van der Waals surface area contributed by atoms with Gasteiger partial charge < -0.3 is 0 Å². The fraction of sp³-hybridized carbons (Fsp3) is 1.00. The molecule has 86 valence electrons. The predicted octanol–water partition coefficient (Wildman–Crippen LogP) is 5.03. The van der Waals surface area contributed by atoms with E-state index in [4.69, 9.17) is 2.74 Å². The van der Waals surface area contributed by atoms with Crippen LogP contribution in [0.1, 0.15) is 68.4 Å². The summed E-state index contributed by atoms with van der Waals surface area (Å²) in [6.45, 7) is 6.87. The molecule has 0 radical (unpaired) electrons. The van der Waals surface area contributed by atoms with Gasteiger partial charge in [0, 0.05) is 2.74 Å². The highest BCUT2D eigenvalue weighted by atomic mass is 14.3. The van der Waals surface area contributed by atoms with Crippen LogP contribution in [0.4, 0.5) is 0 Å². The normalized spacial score (nSPS) is 37.9. The van der Waals surface area contributed by atoms with Gasteiger partial charge in [0.1, 0.15) is 6.71 Å². The van der Waals surface area contributed by atoms with Crippen LogP contribution in [-0.4, -0.2) is 6.71 Å². The molecule has 2 heterocycles. The third kappa shape index (κ3) is 3.01. The standard InChI is InChI=1S/C14H27B/c1-14(2,3)10-11-15-12-6-4-7-13(15)9-5-8-12/h12-13H,4-11H2,1-3H3/i10D,11D/t10-,11+,12?,13?/m0/s1. The van der Waals surface area contributed by atoms with Gasteiger partial charge in [0.25, 0.3) is 0 Å². The Morgan fingerprint density at radius 1 is 1.07 bits per heavy atom. The van der Waals surface area contributed by atoms with E-state index in [9.17, 15) is 0 Å². The first-order valence-electron chi connectivity index (χ1n) is 7.91. The maximum atomic E-state index is 8.54. The van der Waals surface area contributed by atoms with Crippen molar-refractivity contribution in [1.82, 2.24) is 0 Å². The monoisotopic (exact) mass is 208 g/mol. The van der Waals surface area contributed by atoms with Crippen LogP contribution in [0.3, 0.4) is 0 Å². The molecule has 0 amide bonds. The average molecular weight is 208 g/mol. The molecular formula is C14H27B. The molecule has 0 N–H and O–H groups in total. The summed E-state index contributed by atoms with van der Waals surface area (Å²) in [5.74, 6) is 1.53. The van der Waals surface area contributed by atoms with E-state index in [1.165, 1.54) is 38.5 Å². The van der Waals surface area contributed by atoms with Crippen molar-refractivity contribution in [3.05, 3.63) is 0 Å². The van der Waals surface area contributed by atoms with Gasteiger partial charge in [-0.2, -0.15) is 0 Å². The van der Waals surface area contributed by atoms with Crippen LogP contribution in [0.25, 0.3) is 0 Å². The third-order valence-corrected chi connectivity index (χ3v) is 4.21. The molecule has 2 aliphatic heterocycles. The van der Waals surface area contributed by atoms with Gasteiger partial charge >= 0.3 is 0 Å². The Labute approximate surface area is 99.1 Å². The zero-order valence-electron chi connectivity index (χ0n) is 12.6. The number of rotatable bonds is 2. The molecule has 1 heteroatoms. The van der Waals surface area contributed by atoms with Crippen molar-refractivity contribution in [1.29, 1.82) is 0 Å². The second-order valence-electron chi connectivity index (χ2n) is 6.68. The molecule has 2 rings (SSSR count). The van der Waals surface area contributed by atoms with E-state index in [0.717, 1.165) is 11.6 Å². The van der Waals surface area contributed by atoms with Crippen LogP contribution in [-0.2, 0) is 0 Å². The van der Waals surface area contributed by atoms with Crippen LogP contribution in [0.5, 0.6) is 0 Å². The fourth-order valence-electron chi connectivity index (χ4n) is 3.44. The molecule has 2 fully saturated rings. The number of hydrogen-bond acceptors (Lipinski definition) is 0. The van der Waals surface area contributed by atoms with Crippen LogP contribution in [0.15, 0.2) is 0 Å². The lowest BCUT2D eigenvalue weighted by molar-refractivity contribution is 0.384. The number of hydrogen-bond donors (Lipinski definition) is 0. The third-order valence-electron chi connectivity index (χ3n) is 4.21. The minimum atomic E-state index is -0.228. The SMILES string of the molecule is [2H][C@@H](B1C2CCCC1CCC2)[C@H]([2H])C(C)(C)C. The summed E-state index contributed by atoms with van der Waals surface area (Å²) in [5, 5.41) is 0. The van der Waals surface area contributed by atoms with Crippen LogP contribution >= 0.6 is 0 Å². The Balaban J connectivity index is 2.10. The molecule has 2 atom stereocenters. The van der Waals surface area contributed by atoms with Gasteiger partial charge in [-0.1, -0.05) is 83.6 Å². The first-order valence-corrected chi connectivity index (χ1v) is 6.76. The second kappa shape index (κ2) is 4.51. The van der Waals surface area contributed by atoms with Gasteiger partial charge in [0.2, 0.25) is 0 Å². The van der Waals surface area contributed by atoms with E-state index in [1.54, 1.807) is 0 Å². The fourth-order valence-corrected chi connectivity index (χ4v) is 3.44. The smallest absolute Gasteiger partial charge is 0.0732 e. The van der Waals surface area contributed by atoms with Gasteiger partial charge in [-0.15, -0.1) is 0 Å². The molecule has 2 saturated heterocycles. The van der Waals surface area contributed by atoms with Crippen molar-refractivity contribution in [3.8, 4) is 0 Å². The highest BCUT2D eigenvalue weighted by Gasteiger charge is 2.38. The highest BCUT2D eigenvalue weighted by molar-refractivity contribution is 6.62. The summed E-state index contributed by atoms with van der Waals surface area (Å²) in [4.78, 5) is 0. The molecular weight excluding hydrogens is 179 g/mol. The van der Waals surface area contributed by atoms with Crippen molar-refractivity contribution >= 4 is 6.71 Å². The molecule has 0 nitrogen and oxygen atoms in total. The summed E-state index contributed by atoms with van der Waals surface area (Å²) in [6, 6.07) is 0. The van der Waals surface area contributed by atoms with Crippen molar-refractivity contribution < 1.29 is 2.74 Å². The first-order chi connectivity index (χ1) is 7.91. The first kappa shape index (κ1) is 9.13. The predicted molar refractivity (Wildman–Crippen MR) is 69.8 cm³/mol. The Bertz CT molecular complexity index is 239. The van der Waals surface area contributed by atoms with Crippen molar-refractivity contribution in [2.24, 2.45) is 5.41 Å². The molecule has 0 aromatic rings. The molecule has 0 aliphatic carbocycles. The summed E-state index contributed by atoms with van der Waals surface area (Å²) in [7, 11) is 0.